The topological polar surface area (TPSA) is 60.0 Å². The molecule has 0 aliphatic rings. The summed E-state index contributed by atoms with van der Waals surface area (Å²) in [6, 6.07) is 2.04. The number of aromatic nitrogens is 1. The second-order valence-corrected chi connectivity index (χ2v) is 5.15. The highest BCUT2D eigenvalue weighted by Crippen LogP contribution is 2.19. The molecule has 0 bridgehead atoms. The largest absolute Gasteiger partial charge is 0.349 e. The van der Waals surface area contributed by atoms with Crippen LogP contribution in [0.2, 0.25) is 0 Å². The van der Waals surface area contributed by atoms with Gasteiger partial charge in [0, 0.05) is 29.3 Å². The average Bonchev–Trinajstić information content (AvgIpc) is 2.56. The Balaban J connectivity index is 2.82. The SMILES string of the molecule is CC(N)CNC(=O)c1cc(Br)cn1C(C)C. The van der Waals surface area contributed by atoms with Crippen molar-refractivity contribution in [2.75, 3.05) is 6.54 Å². The van der Waals surface area contributed by atoms with Crippen molar-refractivity contribution in [2.45, 2.75) is 32.9 Å². The lowest BCUT2D eigenvalue weighted by atomic mass is 10.3. The molecule has 4 nitrogen and oxygen atoms in total. The average molecular weight is 288 g/mol. The Kier molecular flexibility index (Phi) is 4.56. The van der Waals surface area contributed by atoms with Crippen molar-refractivity contribution >= 4 is 21.8 Å². The number of carbonyl (C=O) groups excluding carboxylic acids is 1. The maximum Gasteiger partial charge on any atom is 0.268 e. The predicted molar refractivity (Wildman–Crippen MR) is 68.5 cm³/mol. The van der Waals surface area contributed by atoms with Gasteiger partial charge in [-0.05, 0) is 42.8 Å². The van der Waals surface area contributed by atoms with Gasteiger partial charge < -0.3 is 15.6 Å². The van der Waals surface area contributed by atoms with Crippen LogP contribution in [0.4, 0.5) is 0 Å². The Hall–Kier alpha value is -0.810. The van der Waals surface area contributed by atoms with Crippen LogP contribution in [-0.2, 0) is 0 Å². The van der Waals surface area contributed by atoms with Crippen molar-refractivity contribution in [3.8, 4) is 0 Å². The molecule has 1 amide bonds. The van der Waals surface area contributed by atoms with Gasteiger partial charge in [-0.1, -0.05) is 0 Å². The third-order valence-corrected chi connectivity index (χ3v) is 2.62. The standard InChI is InChI=1S/C11H18BrN3O/c1-7(2)15-6-9(12)4-10(15)11(16)14-5-8(3)13/h4,6-8H,5,13H2,1-3H3,(H,14,16). The van der Waals surface area contributed by atoms with Gasteiger partial charge in [-0.2, -0.15) is 0 Å². The first kappa shape index (κ1) is 13.3. The molecular formula is C11H18BrN3O. The fourth-order valence-electron chi connectivity index (χ4n) is 1.40. The molecule has 0 saturated heterocycles. The summed E-state index contributed by atoms with van der Waals surface area (Å²) >= 11 is 3.37. The quantitative estimate of drug-likeness (QED) is 0.889. The van der Waals surface area contributed by atoms with E-state index in [0.717, 1.165) is 4.47 Å². The van der Waals surface area contributed by atoms with Crippen molar-refractivity contribution in [3.63, 3.8) is 0 Å². The molecule has 0 saturated carbocycles. The molecule has 0 aliphatic heterocycles. The smallest absolute Gasteiger partial charge is 0.268 e. The molecule has 0 fully saturated rings. The second-order valence-electron chi connectivity index (χ2n) is 4.23. The number of nitrogens with one attached hydrogen (secondary N) is 1. The Morgan fingerprint density at radius 2 is 2.19 bits per heavy atom. The van der Waals surface area contributed by atoms with Crippen LogP contribution >= 0.6 is 15.9 Å². The van der Waals surface area contributed by atoms with Crippen molar-refractivity contribution in [1.82, 2.24) is 9.88 Å². The zero-order chi connectivity index (χ0) is 12.3. The minimum Gasteiger partial charge on any atom is -0.349 e. The summed E-state index contributed by atoms with van der Waals surface area (Å²) < 4.78 is 2.84. The van der Waals surface area contributed by atoms with Gasteiger partial charge in [0.05, 0.1) is 0 Å². The van der Waals surface area contributed by atoms with E-state index in [1.807, 2.05) is 37.6 Å². The Morgan fingerprint density at radius 3 is 2.69 bits per heavy atom. The van der Waals surface area contributed by atoms with Crippen LogP contribution in [-0.4, -0.2) is 23.1 Å². The van der Waals surface area contributed by atoms with E-state index in [9.17, 15) is 4.79 Å². The van der Waals surface area contributed by atoms with Crippen LogP contribution < -0.4 is 11.1 Å². The van der Waals surface area contributed by atoms with E-state index in [1.165, 1.54) is 0 Å². The van der Waals surface area contributed by atoms with Gasteiger partial charge in [0.1, 0.15) is 5.69 Å². The first-order valence-corrected chi connectivity index (χ1v) is 6.12. The molecule has 1 rings (SSSR count). The fourth-order valence-corrected chi connectivity index (χ4v) is 1.84. The van der Waals surface area contributed by atoms with E-state index in [2.05, 4.69) is 21.2 Å². The molecule has 5 heteroatoms. The summed E-state index contributed by atoms with van der Waals surface area (Å²) in [6.45, 7) is 6.42. The van der Waals surface area contributed by atoms with Gasteiger partial charge in [0.15, 0.2) is 0 Å². The van der Waals surface area contributed by atoms with E-state index in [0.29, 0.717) is 12.2 Å². The summed E-state index contributed by atoms with van der Waals surface area (Å²) in [6.07, 6.45) is 1.91. The highest BCUT2D eigenvalue weighted by atomic mass is 79.9. The van der Waals surface area contributed by atoms with Gasteiger partial charge >= 0.3 is 0 Å². The lowest BCUT2D eigenvalue weighted by molar-refractivity contribution is 0.0941. The van der Waals surface area contributed by atoms with E-state index in [4.69, 9.17) is 5.73 Å². The van der Waals surface area contributed by atoms with Crippen LogP contribution in [0.5, 0.6) is 0 Å². The molecule has 16 heavy (non-hydrogen) atoms. The maximum atomic E-state index is 11.9. The van der Waals surface area contributed by atoms with Crippen LogP contribution in [0.25, 0.3) is 0 Å². The lowest BCUT2D eigenvalue weighted by Gasteiger charge is -2.13. The molecule has 1 unspecified atom stereocenters. The van der Waals surface area contributed by atoms with Crippen LogP contribution in [0.15, 0.2) is 16.7 Å². The number of amides is 1. The van der Waals surface area contributed by atoms with E-state index < -0.39 is 0 Å². The van der Waals surface area contributed by atoms with E-state index in [-0.39, 0.29) is 18.0 Å². The normalized spacial score (nSPS) is 12.9. The van der Waals surface area contributed by atoms with Gasteiger partial charge in [-0.3, -0.25) is 4.79 Å². The Labute approximate surface area is 104 Å². The van der Waals surface area contributed by atoms with Gasteiger partial charge in [0.25, 0.3) is 5.91 Å². The first-order valence-electron chi connectivity index (χ1n) is 5.33. The molecule has 1 heterocycles. The first-order chi connectivity index (χ1) is 7.41. The molecule has 0 aromatic carbocycles. The molecule has 90 valence electrons. The molecule has 1 atom stereocenters. The Morgan fingerprint density at radius 1 is 1.56 bits per heavy atom. The van der Waals surface area contributed by atoms with Crippen molar-refractivity contribution < 1.29 is 4.79 Å². The molecule has 0 spiro atoms. The molecule has 0 aliphatic carbocycles. The lowest BCUT2D eigenvalue weighted by Crippen LogP contribution is -2.36. The summed E-state index contributed by atoms with van der Waals surface area (Å²) in [5.74, 6) is -0.0864. The summed E-state index contributed by atoms with van der Waals surface area (Å²) in [5.41, 5.74) is 6.25. The van der Waals surface area contributed by atoms with Crippen molar-refractivity contribution in [2.24, 2.45) is 5.73 Å². The number of rotatable bonds is 4. The predicted octanol–water partition coefficient (Wildman–Crippen LogP) is 1.91. The van der Waals surface area contributed by atoms with Gasteiger partial charge in [-0.25, -0.2) is 0 Å². The maximum absolute atomic E-state index is 11.9. The van der Waals surface area contributed by atoms with Gasteiger partial charge in [-0.15, -0.1) is 0 Å². The number of halogens is 1. The summed E-state index contributed by atoms with van der Waals surface area (Å²) in [5, 5.41) is 2.80. The van der Waals surface area contributed by atoms with E-state index in [1.54, 1.807) is 0 Å². The zero-order valence-corrected chi connectivity index (χ0v) is 11.4. The third kappa shape index (κ3) is 3.35. The minimum atomic E-state index is -0.0864. The van der Waals surface area contributed by atoms with Crippen molar-refractivity contribution in [1.29, 1.82) is 0 Å². The summed E-state index contributed by atoms with van der Waals surface area (Å²) in [7, 11) is 0. The number of nitrogens with zero attached hydrogens (tertiary/aromatic N) is 1. The number of nitrogens with two attached hydrogens (primary N) is 1. The summed E-state index contributed by atoms with van der Waals surface area (Å²) in [4.78, 5) is 11.9. The molecule has 1 aromatic heterocycles. The number of carbonyl (C=O) groups is 1. The molecule has 3 N–H and O–H groups in total. The third-order valence-electron chi connectivity index (χ3n) is 2.19. The van der Waals surface area contributed by atoms with Crippen LogP contribution in [0.3, 0.4) is 0 Å². The zero-order valence-electron chi connectivity index (χ0n) is 9.83. The fraction of sp³-hybridized carbons (Fsp3) is 0.545. The molecular weight excluding hydrogens is 270 g/mol. The minimum absolute atomic E-state index is 0.0325. The monoisotopic (exact) mass is 287 g/mol. The van der Waals surface area contributed by atoms with Crippen molar-refractivity contribution in [3.05, 3.63) is 22.4 Å². The highest BCUT2D eigenvalue weighted by Gasteiger charge is 2.14. The molecule has 1 aromatic rings. The van der Waals surface area contributed by atoms with Gasteiger partial charge in [0.2, 0.25) is 0 Å². The van der Waals surface area contributed by atoms with Crippen LogP contribution in [0.1, 0.15) is 37.3 Å². The second kappa shape index (κ2) is 5.50. The Bertz CT molecular complexity index is 371. The van der Waals surface area contributed by atoms with Crippen LogP contribution in [0, 0.1) is 0 Å². The number of hydrogen-bond acceptors (Lipinski definition) is 2. The number of hydrogen-bond donors (Lipinski definition) is 2. The highest BCUT2D eigenvalue weighted by molar-refractivity contribution is 9.10. The van der Waals surface area contributed by atoms with E-state index >= 15 is 0 Å². The molecule has 0 radical (unpaired) electrons.